The molecule has 0 unspecified atom stereocenters. The van der Waals surface area contributed by atoms with Crippen molar-refractivity contribution in [2.24, 2.45) is 4.99 Å². The number of aromatic hydroxyl groups is 1. The monoisotopic (exact) mass is 395 g/mol. The van der Waals surface area contributed by atoms with Crippen molar-refractivity contribution in [1.29, 1.82) is 0 Å². The molecule has 5 nitrogen and oxygen atoms in total. The third kappa shape index (κ3) is 4.77. The van der Waals surface area contributed by atoms with Crippen molar-refractivity contribution in [3.63, 3.8) is 0 Å². The zero-order valence-electron chi connectivity index (χ0n) is 16.4. The minimum Gasteiger partial charge on any atom is -0.494 e. The summed E-state index contributed by atoms with van der Waals surface area (Å²) in [4.78, 5) is 9.64. The number of halogens is 1. The van der Waals surface area contributed by atoms with Crippen LogP contribution in [0.5, 0.6) is 11.6 Å². The van der Waals surface area contributed by atoms with Gasteiger partial charge in [-0.05, 0) is 68.8 Å². The number of nitrogens with one attached hydrogen (secondary N) is 1. The fourth-order valence-electron chi connectivity index (χ4n) is 3.77. The smallest absolute Gasteiger partial charge is 0.198 e. The van der Waals surface area contributed by atoms with E-state index in [0.717, 1.165) is 18.7 Å². The van der Waals surface area contributed by atoms with Gasteiger partial charge in [-0.1, -0.05) is 12.5 Å². The van der Waals surface area contributed by atoms with Crippen molar-refractivity contribution >= 4 is 22.8 Å². The number of piperidine rings is 1. The number of aromatic nitrogens is 1. The molecule has 0 bridgehead atoms. The number of likely N-dealkylation sites (tertiary alicyclic amines) is 1. The van der Waals surface area contributed by atoms with Crippen molar-refractivity contribution in [2.45, 2.75) is 25.7 Å². The van der Waals surface area contributed by atoms with E-state index in [1.54, 1.807) is 12.1 Å². The summed E-state index contributed by atoms with van der Waals surface area (Å²) in [6.07, 6.45) is 6.48. The maximum Gasteiger partial charge on any atom is 0.198 e. The number of nitrogens with zero attached hydrogens (tertiary/aromatic N) is 2. The molecular weight excluding hydrogens is 369 g/mol. The average molecular weight is 395 g/mol. The Kier molecular flexibility index (Phi) is 6.10. The van der Waals surface area contributed by atoms with Crippen LogP contribution >= 0.6 is 0 Å². The molecule has 1 aliphatic heterocycles. The molecule has 0 saturated carbocycles. The molecular formula is C23H26FN3O2. The van der Waals surface area contributed by atoms with Crippen LogP contribution in [0, 0.1) is 5.82 Å². The molecule has 0 spiro atoms. The van der Waals surface area contributed by atoms with Crippen LogP contribution in [0.2, 0.25) is 0 Å². The summed E-state index contributed by atoms with van der Waals surface area (Å²) in [5.41, 5.74) is 1.59. The van der Waals surface area contributed by atoms with E-state index in [-0.39, 0.29) is 5.88 Å². The molecule has 0 atom stereocenters. The number of fused-ring (bicyclic) bond motifs is 1. The zero-order valence-corrected chi connectivity index (χ0v) is 16.4. The highest BCUT2D eigenvalue weighted by molar-refractivity contribution is 6.02. The van der Waals surface area contributed by atoms with Crippen molar-refractivity contribution in [1.82, 2.24) is 9.88 Å². The molecule has 3 aromatic rings. The minimum atomic E-state index is -0.395. The summed E-state index contributed by atoms with van der Waals surface area (Å²) in [5, 5.41) is 10.4. The van der Waals surface area contributed by atoms with Gasteiger partial charge in [0.15, 0.2) is 5.88 Å². The van der Waals surface area contributed by atoms with Crippen LogP contribution in [-0.4, -0.2) is 47.4 Å². The molecule has 1 aliphatic rings. The molecule has 29 heavy (non-hydrogen) atoms. The first-order valence-electron chi connectivity index (χ1n) is 10.2. The molecule has 1 saturated heterocycles. The third-order valence-corrected chi connectivity index (χ3v) is 5.31. The molecule has 152 valence electrons. The standard InChI is InChI=1S/C23H26FN3O2/c24-20-6-4-7-21-22(20)19(23(28)26-21)16-25-17-8-10-18(11-9-17)29-15-5-14-27-12-2-1-3-13-27/h4,6-11,16,26,28H,1-3,5,12-15H2. The van der Waals surface area contributed by atoms with Crippen LogP contribution in [0.15, 0.2) is 47.5 Å². The summed E-state index contributed by atoms with van der Waals surface area (Å²) < 4.78 is 19.9. The molecule has 1 aromatic heterocycles. The normalized spacial score (nSPS) is 15.3. The number of aromatic amines is 1. The molecule has 2 aromatic carbocycles. The number of hydrogen-bond donors (Lipinski definition) is 2. The minimum absolute atomic E-state index is 0.0949. The predicted octanol–water partition coefficient (Wildman–Crippen LogP) is 5.02. The summed E-state index contributed by atoms with van der Waals surface area (Å²) in [6.45, 7) is 4.21. The molecule has 2 heterocycles. The second-order valence-electron chi connectivity index (χ2n) is 7.41. The van der Waals surface area contributed by atoms with Gasteiger partial charge in [-0.25, -0.2) is 4.39 Å². The van der Waals surface area contributed by atoms with Gasteiger partial charge in [0.2, 0.25) is 0 Å². The van der Waals surface area contributed by atoms with Gasteiger partial charge in [-0.2, -0.15) is 0 Å². The van der Waals surface area contributed by atoms with E-state index >= 15 is 0 Å². The lowest BCUT2D eigenvalue weighted by molar-refractivity contribution is 0.205. The van der Waals surface area contributed by atoms with Crippen molar-refractivity contribution in [3.05, 3.63) is 53.8 Å². The summed E-state index contributed by atoms with van der Waals surface area (Å²) >= 11 is 0. The van der Waals surface area contributed by atoms with Gasteiger partial charge < -0.3 is 19.7 Å². The highest BCUT2D eigenvalue weighted by Crippen LogP contribution is 2.28. The zero-order chi connectivity index (χ0) is 20.1. The van der Waals surface area contributed by atoms with Gasteiger partial charge >= 0.3 is 0 Å². The van der Waals surface area contributed by atoms with E-state index in [1.165, 1.54) is 44.6 Å². The molecule has 0 radical (unpaired) electrons. The van der Waals surface area contributed by atoms with Crippen LogP contribution in [0.1, 0.15) is 31.2 Å². The van der Waals surface area contributed by atoms with Crippen LogP contribution < -0.4 is 4.74 Å². The van der Waals surface area contributed by atoms with Crippen LogP contribution in [0.25, 0.3) is 10.9 Å². The summed E-state index contributed by atoms with van der Waals surface area (Å²) in [6, 6.07) is 12.1. The fraction of sp³-hybridized carbons (Fsp3) is 0.348. The lowest BCUT2D eigenvalue weighted by atomic mass is 10.1. The van der Waals surface area contributed by atoms with Crippen LogP contribution in [-0.2, 0) is 0 Å². The van der Waals surface area contributed by atoms with Crippen LogP contribution in [0.4, 0.5) is 10.1 Å². The topological polar surface area (TPSA) is 60.9 Å². The lowest BCUT2D eigenvalue weighted by Gasteiger charge is -2.26. The summed E-state index contributed by atoms with van der Waals surface area (Å²) in [5.74, 6) is 0.319. The highest BCUT2D eigenvalue weighted by atomic mass is 19.1. The van der Waals surface area contributed by atoms with Crippen molar-refractivity contribution in [2.75, 3.05) is 26.2 Å². The van der Waals surface area contributed by atoms with Crippen molar-refractivity contribution < 1.29 is 14.2 Å². The Morgan fingerprint density at radius 2 is 1.90 bits per heavy atom. The maximum absolute atomic E-state index is 14.1. The van der Waals surface area contributed by atoms with E-state index in [2.05, 4.69) is 14.9 Å². The molecule has 0 aliphatic carbocycles. The molecule has 6 heteroatoms. The van der Waals surface area contributed by atoms with Crippen LogP contribution in [0.3, 0.4) is 0 Å². The average Bonchev–Trinajstić information content (AvgIpc) is 3.07. The number of aliphatic imine (C=N–C) groups is 1. The highest BCUT2D eigenvalue weighted by Gasteiger charge is 2.12. The van der Waals surface area contributed by atoms with E-state index in [1.807, 2.05) is 24.3 Å². The molecule has 0 amide bonds. The quantitative estimate of drug-likeness (QED) is 0.436. The van der Waals surface area contributed by atoms with Gasteiger partial charge in [0, 0.05) is 18.1 Å². The van der Waals surface area contributed by atoms with Gasteiger partial charge in [-0.15, -0.1) is 0 Å². The van der Waals surface area contributed by atoms with Gasteiger partial charge in [0.05, 0.1) is 23.4 Å². The number of ether oxygens (including phenoxy) is 1. The number of hydrogen-bond acceptors (Lipinski definition) is 4. The lowest BCUT2D eigenvalue weighted by Crippen LogP contribution is -2.31. The van der Waals surface area contributed by atoms with Gasteiger partial charge in [0.1, 0.15) is 11.6 Å². The Hall–Kier alpha value is -2.86. The SMILES string of the molecule is Oc1[nH]c2cccc(F)c2c1C=Nc1ccc(OCCCN2CCCCC2)cc1. The van der Waals surface area contributed by atoms with Crippen molar-refractivity contribution in [3.8, 4) is 11.6 Å². The molecule has 1 fully saturated rings. The Bertz CT molecular complexity index is 976. The van der Waals surface area contributed by atoms with E-state index in [0.29, 0.717) is 28.8 Å². The predicted molar refractivity (Wildman–Crippen MR) is 114 cm³/mol. The Morgan fingerprint density at radius 3 is 2.69 bits per heavy atom. The first kappa shape index (κ1) is 19.5. The second kappa shape index (κ2) is 9.09. The molecule has 4 rings (SSSR count). The third-order valence-electron chi connectivity index (χ3n) is 5.31. The Labute approximate surface area is 169 Å². The Morgan fingerprint density at radius 1 is 1.10 bits per heavy atom. The number of H-pyrrole nitrogens is 1. The Balaban J connectivity index is 1.33. The van der Waals surface area contributed by atoms with Gasteiger partial charge in [0.25, 0.3) is 0 Å². The second-order valence-corrected chi connectivity index (χ2v) is 7.41. The van der Waals surface area contributed by atoms with E-state index in [9.17, 15) is 9.50 Å². The largest absolute Gasteiger partial charge is 0.494 e. The van der Waals surface area contributed by atoms with E-state index in [4.69, 9.17) is 4.74 Å². The van der Waals surface area contributed by atoms with Gasteiger partial charge in [-0.3, -0.25) is 4.99 Å². The fourth-order valence-corrected chi connectivity index (χ4v) is 3.77. The van der Waals surface area contributed by atoms with E-state index < -0.39 is 5.82 Å². The first-order valence-corrected chi connectivity index (χ1v) is 10.2. The maximum atomic E-state index is 14.1. The first-order chi connectivity index (χ1) is 14.2. The number of rotatable bonds is 7. The number of benzene rings is 2. The molecule has 2 N–H and O–H groups in total. The summed E-state index contributed by atoms with van der Waals surface area (Å²) in [7, 11) is 0.